The normalized spacial score (nSPS) is 11.2. The summed E-state index contributed by atoms with van der Waals surface area (Å²) in [4.78, 5) is 33.4. The molecule has 0 aliphatic heterocycles. The van der Waals surface area contributed by atoms with Crippen molar-refractivity contribution in [2.75, 3.05) is 14.1 Å². The van der Waals surface area contributed by atoms with Crippen LogP contribution in [0.2, 0.25) is 0 Å². The van der Waals surface area contributed by atoms with Gasteiger partial charge in [-0.2, -0.15) is 5.26 Å². The monoisotopic (exact) mass is 344 g/mol. The number of carbonyl (C=O) groups excluding carboxylic acids is 2. The van der Waals surface area contributed by atoms with E-state index in [2.05, 4.69) is 9.97 Å². The van der Waals surface area contributed by atoms with Crippen molar-refractivity contribution in [3.05, 3.63) is 71.1 Å². The Labute approximate surface area is 150 Å². The van der Waals surface area contributed by atoms with Crippen molar-refractivity contribution >= 4 is 28.8 Å². The summed E-state index contributed by atoms with van der Waals surface area (Å²) in [5.41, 5.74) is 2.27. The van der Waals surface area contributed by atoms with Crippen LogP contribution in [-0.4, -0.2) is 40.7 Å². The molecule has 0 saturated carbocycles. The molecule has 26 heavy (non-hydrogen) atoms. The molecule has 0 saturated heterocycles. The SMILES string of the molecule is CN(C)C(=O)/C(C#N)=C/c1cccc(C(=O)c2c[nH]c3ncccc23)c1. The van der Waals surface area contributed by atoms with E-state index in [4.69, 9.17) is 0 Å². The molecule has 6 heteroatoms. The Morgan fingerprint density at radius 1 is 1.23 bits per heavy atom. The van der Waals surface area contributed by atoms with Gasteiger partial charge in [0.25, 0.3) is 5.91 Å². The van der Waals surface area contributed by atoms with Crippen molar-refractivity contribution in [3.63, 3.8) is 0 Å². The second-order valence-electron chi connectivity index (χ2n) is 5.93. The fraction of sp³-hybridized carbons (Fsp3) is 0.100. The number of ketones is 1. The molecule has 0 fully saturated rings. The second kappa shape index (κ2) is 7.03. The lowest BCUT2D eigenvalue weighted by molar-refractivity contribution is -0.124. The molecule has 0 atom stereocenters. The van der Waals surface area contributed by atoms with Crippen LogP contribution < -0.4 is 0 Å². The van der Waals surface area contributed by atoms with Crippen molar-refractivity contribution in [2.24, 2.45) is 0 Å². The van der Waals surface area contributed by atoms with E-state index < -0.39 is 0 Å². The van der Waals surface area contributed by atoms with E-state index in [1.807, 2.05) is 12.1 Å². The van der Waals surface area contributed by atoms with Crippen LogP contribution in [0.25, 0.3) is 17.1 Å². The minimum atomic E-state index is -0.382. The number of amides is 1. The van der Waals surface area contributed by atoms with Crippen LogP contribution in [0, 0.1) is 11.3 Å². The van der Waals surface area contributed by atoms with E-state index in [0.29, 0.717) is 22.3 Å². The molecule has 1 aromatic carbocycles. The van der Waals surface area contributed by atoms with Gasteiger partial charge in [0, 0.05) is 43.0 Å². The van der Waals surface area contributed by atoms with Crippen molar-refractivity contribution < 1.29 is 9.59 Å². The first-order valence-corrected chi connectivity index (χ1v) is 7.91. The van der Waals surface area contributed by atoms with Gasteiger partial charge >= 0.3 is 0 Å². The van der Waals surface area contributed by atoms with Crippen molar-refractivity contribution in [3.8, 4) is 6.07 Å². The Bertz CT molecular complexity index is 1070. The molecule has 0 bridgehead atoms. The van der Waals surface area contributed by atoms with Crippen molar-refractivity contribution in [1.82, 2.24) is 14.9 Å². The van der Waals surface area contributed by atoms with E-state index in [1.54, 1.807) is 56.8 Å². The number of pyridine rings is 1. The van der Waals surface area contributed by atoms with Crippen LogP contribution in [0.5, 0.6) is 0 Å². The first-order chi connectivity index (χ1) is 12.5. The molecule has 0 unspecified atom stereocenters. The molecular formula is C20H16N4O2. The Hall–Kier alpha value is -3.72. The van der Waals surface area contributed by atoms with Gasteiger partial charge in [0.05, 0.1) is 0 Å². The third kappa shape index (κ3) is 3.23. The molecule has 1 amide bonds. The van der Waals surface area contributed by atoms with Gasteiger partial charge in [0.15, 0.2) is 5.78 Å². The summed E-state index contributed by atoms with van der Waals surface area (Å²) in [6.45, 7) is 0. The second-order valence-corrected chi connectivity index (χ2v) is 5.93. The predicted octanol–water partition coefficient (Wildman–Crippen LogP) is 2.79. The summed E-state index contributed by atoms with van der Waals surface area (Å²) in [5.74, 6) is -0.538. The van der Waals surface area contributed by atoms with Crippen LogP contribution in [0.4, 0.5) is 0 Å². The maximum atomic E-state index is 12.9. The minimum absolute atomic E-state index is 0.0101. The van der Waals surface area contributed by atoms with Gasteiger partial charge in [0.1, 0.15) is 17.3 Å². The number of fused-ring (bicyclic) bond motifs is 1. The molecule has 0 spiro atoms. The highest BCUT2D eigenvalue weighted by Gasteiger charge is 2.15. The molecule has 0 radical (unpaired) electrons. The van der Waals surface area contributed by atoms with Crippen molar-refractivity contribution in [2.45, 2.75) is 0 Å². The number of likely N-dealkylation sites (N-methyl/N-ethyl adjacent to an activating group) is 1. The molecule has 6 nitrogen and oxygen atoms in total. The number of nitrogens with zero attached hydrogens (tertiary/aromatic N) is 3. The highest BCUT2D eigenvalue weighted by molar-refractivity contribution is 6.16. The summed E-state index contributed by atoms with van der Waals surface area (Å²) in [6.07, 6.45) is 4.78. The van der Waals surface area contributed by atoms with Crippen LogP contribution in [-0.2, 0) is 4.79 Å². The third-order valence-electron chi connectivity index (χ3n) is 3.91. The van der Waals surface area contributed by atoms with Gasteiger partial charge in [-0.1, -0.05) is 18.2 Å². The highest BCUT2D eigenvalue weighted by Crippen LogP contribution is 2.20. The molecule has 2 heterocycles. The summed E-state index contributed by atoms with van der Waals surface area (Å²) in [7, 11) is 3.16. The van der Waals surface area contributed by atoms with Gasteiger partial charge in [0.2, 0.25) is 0 Å². The van der Waals surface area contributed by atoms with Gasteiger partial charge in [-0.15, -0.1) is 0 Å². The molecular weight excluding hydrogens is 328 g/mol. The van der Waals surface area contributed by atoms with E-state index in [1.165, 1.54) is 11.0 Å². The number of H-pyrrole nitrogens is 1. The summed E-state index contributed by atoms with van der Waals surface area (Å²) < 4.78 is 0. The van der Waals surface area contributed by atoms with E-state index >= 15 is 0 Å². The van der Waals surface area contributed by atoms with Gasteiger partial charge in [-0.3, -0.25) is 9.59 Å². The quantitative estimate of drug-likeness (QED) is 0.448. The van der Waals surface area contributed by atoms with E-state index in [0.717, 1.165) is 5.39 Å². The molecule has 2 aromatic heterocycles. The molecule has 3 rings (SSSR count). The largest absolute Gasteiger partial charge is 0.345 e. The molecule has 3 aromatic rings. The first kappa shape index (κ1) is 17.1. The van der Waals surface area contributed by atoms with Crippen LogP contribution in [0.1, 0.15) is 21.5 Å². The Kier molecular flexibility index (Phi) is 4.63. The zero-order valence-corrected chi connectivity index (χ0v) is 14.4. The number of hydrogen-bond donors (Lipinski definition) is 1. The zero-order chi connectivity index (χ0) is 18.7. The molecule has 0 aliphatic carbocycles. The highest BCUT2D eigenvalue weighted by atomic mass is 16.2. The number of carbonyl (C=O) groups is 2. The lowest BCUT2D eigenvalue weighted by Crippen LogP contribution is -2.22. The van der Waals surface area contributed by atoms with Gasteiger partial charge in [-0.25, -0.2) is 4.98 Å². The summed E-state index contributed by atoms with van der Waals surface area (Å²) in [5, 5.41) is 9.96. The lowest BCUT2D eigenvalue weighted by atomic mass is 10.0. The van der Waals surface area contributed by atoms with Crippen molar-refractivity contribution in [1.29, 1.82) is 5.26 Å². The number of benzene rings is 1. The van der Waals surface area contributed by atoms with E-state index in [-0.39, 0.29) is 17.3 Å². The molecule has 128 valence electrons. The number of nitriles is 1. The first-order valence-electron chi connectivity index (χ1n) is 7.91. The van der Waals surface area contributed by atoms with E-state index in [9.17, 15) is 14.9 Å². The van der Waals surface area contributed by atoms with Crippen LogP contribution in [0.15, 0.2) is 54.4 Å². The number of rotatable bonds is 4. The topological polar surface area (TPSA) is 89.9 Å². The predicted molar refractivity (Wildman–Crippen MR) is 98.3 cm³/mol. The van der Waals surface area contributed by atoms with Crippen LogP contribution >= 0.6 is 0 Å². The number of aromatic nitrogens is 2. The number of nitrogens with one attached hydrogen (secondary N) is 1. The standard InChI is InChI=1S/C20H16N4O2/c1-24(2)20(26)15(11-21)10-13-5-3-6-14(9-13)18(25)17-12-23-19-16(17)7-4-8-22-19/h3-10,12H,1-2H3,(H,22,23)/b15-10+. The Balaban J connectivity index is 1.98. The zero-order valence-electron chi connectivity index (χ0n) is 14.4. The minimum Gasteiger partial charge on any atom is -0.345 e. The average molecular weight is 344 g/mol. The maximum Gasteiger partial charge on any atom is 0.264 e. The summed E-state index contributed by atoms with van der Waals surface area (Å²) in [6, 6.07) is 12.3. The fourth-order valence-corrected chi connectivity index (χ4v) is 2.62. The third-order valence-corrected chi connectivity index (χ3v) is 3.91. The van der Waals surface area contributed by atoms with Crippen LogP contribution in [0.3, 0.4) is 0 Å². The van der Waals surface area contributed by atoms with Gasteiger partial charge in [-0.05, 0) is 29.8 Å². The summed E-state index contributed by atoms with van der Waals surface area (Å²) >= 11 is 0. The Morgan fingerprint density at radius 3 is 2.77 bits per heavy atom. The van der Waals surface area contributed by atoms with Gasteiger partial charge < -0.3 is 9.88 Å². The molecule has 0 aliphatic rings. The lowest BCUT2D eigenvalue weighted by Gasteiger charge is -2.08. The fourth-order valence-electron chi connectivity index (χ4n) is 2.62. The molecule has 1 N–H and O–H groups in total. The Morgan fingerprint density at radius 2 is 2.04 bits per heavy atom. The maximum absolute atomic E-state index is 12.9. The number of hydrogen-bond acceptors (Lipinski definition) is 4. The smallest absolute Gasteiger partial charge is 0.264 e. The number of aromatic amines is 1. The average Bonchev–Trinajstić information content (AvgIpc) is 3.09.